The van der Waals surface area contributed by atoms with Crippen LogP contribution in [0.3, 0.4) is 0 Å². The van der Waals surface area contributed by atoms with Gasteiger partial charge in [0.2, 0.25) is 0 Å². The van der Waals surface area contributed by atoms with Crippen molar-refractivity contribution in [2.75, 3.05) is 0 Å². The molecule has 1 rings (SSSR count). The average Bonchev–Trinajstić information content (AvgIpc) is 2.29. The van der Waals surface area contributed by atoms with Crippen LogP contribution in [-0.4, -0.2) is 17.6 Å². The standard InChI is InChI=1S/C13H25NO2/c1-13(2,3)16-12(15)9-10-7-5-4-6-8-11(10)14/h10-11H,4-9,14H2,1-3H3. The highest BCUT2D eigenvalue weighted by Gasteiger charge is 2.25. The Kier molecular flexibility index (Phi) is 4.78. The minimum atomic E-state index is -0.383. The van der Waals surface area contributed by atoms with Gasteiger partial charge in [-0.1, -0.05) is 19.3 Å². The smallest absolute Gasteiger partial charge is 0.306 e. The molecule has 0 bridgehead atoms. The van der Waals surface area contributed by atoms with Gasteiger partial charge in [-0.05, 0) is 39.5 Å². The van der Waals surface area contributed by atoms with Crippen molar-refractivity contribution in [1.82, 2.24) is 0 Å². The number of carbonyl (C=O) groups is 1. The average molecular weight is 227 g/mol. The van der Waals surface area contributed by atoms with Gasteiger partial charge in [-0.15, -0.1) is 0 Å². The zero-order valence-corrected chi connectivity index (χ0v) is 10.8. The van der Waals surface area contributed by atoms with Gasteiger partial charge in [-0.2, -0.15) is 0 Å². The lowest BCUT2D eigenvalue weighted by molar-refractivity contribution is -0.156. The predicted molar refractivity (Wildman–Crippen MR) is 65.0 cm³/mol. The van der Waals surface area contributed by atoms with Crippen molar-refractivity contribution in [3.05, 3.63) is 0 Å². The Morgan fingerprint density at radius 1 is 1.25 bits per heavy atom. The second kappa shape index (κ2) is 5.67. The van der Waals surface area contributed by atoms with Crippen molar-refractivity contribution in [3.8, 4) is 0 Å². The summed E-state index contributed by atoms with van der Waals surface area (Å²) in [6.07, 6.45) is 6.25. The molecule has 0 aromatic rings. The van der Waals surface area contributed by atoms with Gasteiger partial charge in [-0.3, -0.25) is 4.79 Å². The summed E-state index contributed by atoms with van der Waals surface area (Å²) in [5.74, 6) is 0.215. The molecule has 0 amide bonds. The third-order valence-corrected chi connectivity index (χ3v) is 3.07. The van der Waals surface area contributed by atoms with E-state index in [1.54, 1.807) is 0 Å². The Bertz CT molecular complexity index is 233. The molecule has 0 radical (unpaired) electrons. The zero-order chi connectivity index (χ0) is 12.2. The maximum atomic E-state index is 11.7. The van der Waals surface area contributed by atoms with E-state index in [9.17, 15) is 4.79 Å². The molecule has 1 aliphatic rings. The van der Waals surface area contributed by atoms with Gasteiger partial charge in [-0.25, -0.2) is 0 Å². The molecule has 0 spiro atoms. The molecule has 1 fully saturated rings. The van der Waals surface area contributed by atoms with E-state index in [0.29, 0.717) is 12.3 Å². The summed E-state index contributed by atoms with van der Waals surface area (Å²) >= 11 is 0. The summed E-state index contributed by atoms with van der Waals surface area (Å²) < 4.78 is 5.34. The quantitative estimate of drug-likeness (QED) is 0.583. The lowest BCUT2D eigenvalue weighted by Gasteiger charge is -2.24. The third kappa shape index (κ3) is 4.97. The highest BCUT2D eigenvalue weighted by Crippen LogP contribution is 2.25. The van der Waals surface area contributed by atoms with Crippen LogP contribution in [0.25, 0.3) is 0 Å². The Morgan fingerprint density at radius 3 is 2.50 bits per heavy atom. The molecule has 0 heterocycles. The van der Waals surface area contributed by atoms with Crippen LogP contribution in [0.4, 0.5) is 0 Å². The first kappa shape index (κ1) is 13.5. The SMILES string of the molecule is CC(C)(C)OC(=O)CC1CCCCCC1N. The van der Waals surface area contributed by atoms with Crippen molar-refractivity contribution in [2.24, 2.45) is 11.7 Å². The number of nitrogens with two attached hydrogens (primary N) is 1. The number of rotatable bonds is 2. The number of ether oxygens (including phenoxy) is 1. The number of esters is 1. The fraction of sp³-hybridized carbons (Fsp3) is 0.923. The molecule has 1 saturated carbocycles. The van der Waals surface area contributed by atoms with Gasteiger partial charge in [0.15, 0.2) is 0 Å². The molecule has 16 heavy (non-hydrogen) atoms. The normalized spacial score (nSPS) is 27.2. The molecule has 3 heteroatoms. The van der Waals surface area contributed by atoms with E-state index in [1.807, 2.05) is 20.8 Å². The second-order valence-corrected chi connectivity index (χ2v) is 5.85. The van der Waals surface area contributed by atoms with Gasteiger partial charge in [0, 0.05) is 12.5 Å². The van der Waals surface area contributed by atoms with Crippen LogP contribution in [0.15, 0.2) is 0 Å². The molecule has 0 aliphatic heterocycles. The number of carbonyl (C=O) groups excluding carboxylic acids is 1. The van der Waals surface area contributed by atoms with Crippen LogP contribution in [-0.2, 0) is 9.53 Å². The number of hydrogen-bond acceptors (Lipinski definition) is 3. The van der Waals surface area contributed by atoms with E-state index < -0.39 is 0 Å². The van der Waals surface area contributed by atoms with Gasteiger partial charge in [0.05, 0.1) is 0 Å². The van der Waals surface area contributed by atoms with Gasteiger partial charge >= 0.3 is 5.97 Å². The van der Waals surface area contributed by atoms with Crippen molar-refractivity contribution in [3.63, 3.8) is 0 Å². The molecule has 0 aromatic carbocycles. The first-order chi connectivity index (χ1) is 7.38. The summed E-state index contributed by atoms with van der Waals surface area (Å²) in [6, 6.07) is 0.176. The Hall–Kier alpha value is -0.570. The van der Waals surface area contributed by atoms with Crippen LogP contribution in [0.5, 0.6) is 0 Å². The fourth-order valence-corrected chi connectivity index (χ4v) is 2.26. The molecular formula is C13H25NO2. The van der Waals surface area contributed by atoms with E-state index in [1.165, 1.54) is 19.3 Å². The van der Waals surface area contributed by atoms with Gasteiger partial charge in [0.1, 0.15) is 5.60 Å². The lowest BCUT2D eigenvalue weighted by atomic mass is 9.92. The highest BCUT2D eigenvalue weighted by molar-refractivity contribution is 5.70. The Morgan fingerprint density at radius 2 is 1.88 bits per heavy atom. The first-order valence-electron chi connectivity index (χ1n) is 6.36. The summed E-state index contributed by atoms with van der Waals surface area (Å²) in [6.45, 7) is 5.70. The van der Waals surface area contributed by atoms with Crippen LogP contribution in [0.2, 0.25) is 0 Å². The van der Waals surface area contributed by atoms with E-state index in [0.717, 1.165) is 12.8 Å². The van der Waals surface area contributed by atoms with Crippen LogP contribution < -0.4 is 5.73 Å². The molecule has 3 nitrogen and oxygen atoms in total. The van der Waals surface area contributed by atoms with E-state index in [4.69, 9.17) is 10.5 Å². The van der Waals surface area contributed by atoms with Gasteiger partial charge < -0.3 is 10.5 Å². The summed E-state index contributed by atoms with van der Waals surface area (Å²) in [7, 11) is 0. The highest BCUT2D eigenvalue weighted by atomic mass is 16.6. The van der Waals surface area contributed by atoms with Crippen molar-refractivity contribution >= 4 is 5.97 Å². The predicted octanol–water partition coefficient (Wildman–Crippen LogP) is 2.63. The fourth-order valence-electron chi connectivity index (χ4n) is 2.26. The zero-order valence-electron chi connectivity index (χ0n) is 10.8. The largest absolute Gasteiger partial charge is 0.460 e. The summed E-state index contributed by atoms with van der Waals surface area (Å²) in [5.41, 5.74) is 5.70. The third-order valence-electron chi connectivity index (χ3n) is 3.07. The van der Waals surface area contributed by atoms with Gasteiger partial charge in [0.25, 0.3) is 0 Å². The molecular weight excluding hydrogens is 202 g/mol. The molecule has 1 aliphatic carbocycles. The number of hydrogen-bond donors (Lipinski definition) is 1. The first-order valence-corrected chi connectivity index (χ1v) is 6.36. The molecule has 2 N–H and O–H groups in total. The van der Waals surface area contributed by atoms with E-state index in [2.05, 4.69) is 0 Å². The van der Waals surface area contributed by atoms with Crippen molar-refractivity contribution in [2.45, 2.75) is 70.9 Å². The van der Waals surface area contributed by atoms with Crippen LogP contribution in [0, 0.1) is 5.92 Å². The minimum absolute atomic E-state index is 0.102. The molecule has 94 valence electrons. The topological polar surface area (TPSA) is 52.3 Å². The Labute approximate surface area is 98.7 Å². The molecule has 0 saturated heterocycles. The lowest BCUT2D eigenvalue weighted by Crippen LogP contribution is -2.33. The maximum absolute atomic E-state index is 11.7. The minimum Gasteiger partial charge on any atom is -0.460 e. The van der Waals surface area contributed by atoms with Crippen LogP contribution in [0.1, 0.15) is 59.3 Å². The van der Waals surface area contributed by atoms with E-state index in [-0.39, 0.29) is 17.6 Å². The monoisotopic (exact) mass is 227 g/mol. The second-order valence-electron chi connectivity index (χ2n) is 5.85. The summed E-state index contributed by atoms with van der Waals surface area (Å²) in [4.78, 5) is 11.7. The van der Waals surface area contributed by atoms with Crippen molar-refractivity contribution in [1.29, 1.82) is 0 Å². The molecule has 2 atom stereocenters. The molecule has 2 unspecified atom stereocenters. The van der Waals surface area contributed by atoms with Crippen molar-refractivity contribution < 1.29 is 9.53 Å². The molecule has 0 aromatic heterocycles. The Balaban J connectivity index is 2.42. The summed E-state index contributed by atoms with van der Waals surface area (Å²) in [5, 5.41) is 0. The maximum Gasteiger partial charge on any atom is 0.306 e. The van der Waals surface area contributed by atoms with Crippen LogP contribution >= 0.6 is 0 Å². The van der Waals surface area contributed by atoms with E-state index >= 15 is 0 Å².